The van der Waals surface area contributed by atoms with Gasteiger partial charge in [0, 0.05) is 31.3 Å². The van der Waals surface area contributed by atoms with Crippen LogP contribution in [0.25, 0.3) is 0 Å². The van der Waals surface area contributed by atoms with Crippen molar-refractivity contribution in [3.63, 3.8) is 0 Å². The van der Waals surface area contributed by atoms with E-state index in [-0.39, 0.29) is 10.8 Å². The second-order valence-corrected chi connectivity index (χ2v) is 11.6. The highest BCUT2D eigenvalue weighted by Gasteiger charge is 2.28. The van der Waals surface area contributed by atoms with Crippen molar-refractivity contribution in [3.8, 4) is 11.5 Å². The van der Waals surface area contributed by atoms with Crippen LogP contribution in [0.15, 0.2) is 71.6 Å². The molecule has 2 atom stereocenters. The second kappa shape index (κ2) is 11.8. The zero-order chi connectivity index (χ0) is 27.3. The molecule has 3 aromatic carbocycles. The quantitative estimate of drug-likeness (QED) is 0.388. The number of anilines is 2. The van der Waals surface area contributed by atoms with Gasteiger partial charge in [-0.15, -0.1) is 0 Å². The average molecular weight is 538 g/mol. The van der Waals surface area contributed by atoms with Crippen LogP contribution in [0.2, 0.25) is 0 Å². The van der Waals surface area contributed by atoms with Crippen LogP contribution >= 0.6 is 0 Å². The summed E-state index contributed by atoms with van der Waals surface area (Å²) in [5.74, 6) is 1.89. The summed E-state index contributed by atoms with van der Waals surface area (Å²) in [7, 11) is -0.926. The van der Waals surface area contributed by atoms with Crippen molar-refractivity contribution < 1.29 is 22.7 Å². The Hall–Kier alpha value is -3.72. The summed E-state index contributed by atoms with van der Waals surface area (Å²) < 4.78 is 40.4. The summed E-state index contributed by atoms with van der Waals surface area (Å²) >= 11 is 0. The zero-order valence-electron chi connectivity index (χ0n) is 22.2. The Bertz CT molecular complexity index is 1370. The van der Waals surface area contributed by atoms with Crippen LogP contribution in [-0.4, -0.2) is 46.5 Å². The van der Waals surface area contributed by atoms with E-state index in [0.29, 0.717) is 54.2 Å². The molecule has 3 aromatic rings. The summed E-state index contributed by atoms with van der Waals surface area (Å²) in [4.78, 5) is 15.2. The lowest BCUT2D eigenvalue weighted by molar-refractivity contribution is 0.0623. The molecule has 1 saturated heterocycles. The summed E-state index contributed by atoms with van der Waals surface area (Å²) in [5, 5.41) is 3.23. The van der Waals surface area contributed by atoms with Gasteiger partial charge in [0.2, 0.25) is 0 Å². The van der Waals surface area contributed by atoms with Gasteiger partial charge in [0.25, 0.3) is 15.9 Å². The van der Waals surface area contributed by atoms with Crippen molar-refractivity contribution in [1.82, 2.24) is 4.90 Å². The van der Waals surface area contributed by atoms with Crippen LogP contribution < -0.4 is 19.5 Å². The number of rotatable bonds is 9. The number of carbonyl (C=O) groups is 1. The summed E-state index contributed by atoms with van der Waals surface area (Å²) in [6, 6.07) is 19.0. The van der Waals surface area contributed by atoms with Gasteiger partial charge in [-0.2, -0.15) is 0 Å². The van der Waals surface area contributed by atoms with Gasteiger partial charge < -0.3 is 19.7 Å². The Morgan fingerprint density at radius 2 is 1.61 bits per heavy atom. The Morgan fingerprint density at radius 3 is 2.26 bits per heavy atom. The van der Waals surface area contributed by atoms with Crippen LogP contribution in [0.4, 0.5) is 11.4 Å². The number of hydrogen-bond donors (Lipinski definition) is 2. The molecule has 0 saturated carbocycles. The van der Waals surface area contributed by atoms with Crippen LogP contribution in [-0.2, 0) is 16.6 Å². The first kappa shape index (κ1) is 27.3. The molecule has 0 radical (unpaired) electrons. The number of piperidine rings is 1. The number of nitrogens with zero attached hydrogens (tertiary/aromatic N) is 1. The van der Waals surface area contributed by atoms with E-state index in [0.717, 1.165) is 17.7 Å². The predicted octanol–water partition coefficient (Wildman–Crippen LogP) is 5.23. The van der Waals surface area contributed by atoms with Gasteiger partial charge in [0.1, 0.15) is 16.4 Å². The molecule has 202 valence electrons. The molecule has 1 fully saturated rings. The van der Waals surface area contributed by atoms with Gasteiger partial charge in [-0.05, 0) is 66.3 Å². The maximum atomic E-state index is 13.6. The van der Waals surface area contributed by atoms with Crippen molar-refractivity contribution in [2.75, 3.05) is 37.3 Å². The lowest BCUT2D eigenvalue weighted by atomic mass is 9.91. The third-order valence-corrected chi connectivity index (χ3v) is 8.06. The molecular formula is C29H35N3O5S. The van der Waals surface area contributed by atoms with Crippen LogP contribution in [0.5, 0.6) is 11.5 Å². The molecule has 4 rings (SSSR count). The van der Waals surface area contributed by atoms with E-state index < -0.39 is 10.0 Å². The Morgan fingerprint density at radius 1 is 0.921 bits per heavy atom. The Kier molecular flexibility index (Phi) is 8.46. The number of benzene rings is 3. The maximum Gasteiger partial charge on any atom is 0.263 e. The standard InChI is InChI=1S/C29H35N3O5S/c1-20-14-21(2)19-32(18-20)29(33)23-10-13-27(30-17-22-8-11-25(36-3)12-9-22)28(15-23)38(34,35)31-24-6-5-7-26(16-24)37-4/h5-13,15-16,20-21,30-31H,14,17-19H2,1-4H3/t20-,21-/m1/s1. The molecule has 9 heteroatoms. The summed E-state index contributed by atoms with van der Waals surface area (Å²) in [5.41, 5.74) is 2.05. The van der Waals surface area contributed by atoms with Crippen LogP contribution in [0.1, 0.15) is 36.2 Å². The van der Waals surface area contributed by atoms with Crippen LogP contribution in [0, 0.1) is 11.8 Å². The summed E-state index contributed by atoms with van der Waals surface area (Å²) in [6.45, 7) is 5.97. The topological polar surface area (TPSA) is 97.0 Å². The molecule has 2 N–H and O–H groups in total. The summed E-state index contributed by atoms with van der Waals surface area (Å²) in [6.07, 6.45) is 1.07. The highest BCUT2D eigenvalue weighted by Crippen LogP contribution is 2.29. The first-order valence-electron chi connectivity index (χ1n) is 12.7. The SMILES string of the molecule is COc1ccc(CNc2ccc(C(=O)N3C[C@H](C)C[C@@H](C)C3)cc2S(=O)(=O)Nc2cccc(OC)c2)cc1. The fourth-order valence-corrected chi connectivity index (χ4v) is 6.13. The predicted molar refractivity (Wildman–Crippen MR) is 149 cm³/mol. The molecule has 0 bridgehead atoms. The van der Waals surface area contributed by atoms with Gasteiger partial charge in [-0.1, -0.05) is 32.0 Å². The molecule has 0 aliphatic carbocycles. The van der Waals surface area contributed by atoms with E-state index in [1.165, 1.54) is 13.2 Å². The largest absolute Gasteiger partial charge is 0.497 e. The number of nitrogens with one attached hydrogen (secondary N) is 2. The molecule has 1 amide bonds. The van der Waals surface area contributed by atoms with Crippen molar-refractivity contribution >= 4 is 27.3 Å². The molecule has 38 heavy (non-hydrogen) atoms. The average Bonchev–Trinajstić information content (AvgIpc) is 2.91. The van der Waals surface area contributed by atoms with E-state index in [1.54, 1.807) is 43.5 Å². The van der Waals surface area contributed by atoms with E-state index in [9.17, 15) is 13.2 Å². The number of methoxy groups -OCH3 is 2. The van der Waals surface area contributed by atoms with Crippen LogP contribution in [0.3, 0.4) is 0 Å². The third-order valence-electron chi connectivity index (χ3n) is 6.64. The second-order valence-electron chi connectivity index (χ2n) is 9.91. The van der Waals surface area contributed by atoms with Crippen molar-refractivity contribution in [1.29, 1.82) is 0 Å². The van der Waals surface area contributed by atoms with Gasteiger partial charge >= 0.3 is 0 Å². The van der Waals surface area contributed by atoms with E-state index in [1.807, 2.05) is 29.2 Å². The number of carbonyl (C=O) groups excluding carboxylic acids is 1. The number of likely N-dealkylation sites (tertiary alicyclic amines) is 1. The molecule has 1 heterocycles. The third kappa shape index (κ3) is 6.58. The Balaban J connectivity index is 1.66. The van der Waals surface area contributed by atoms with Gasteiger partial charge in [0.15, 0.2) is 0 Å². The van der Waals surface area contributed by atoms with Crippen molar-refractivity contribution in [3.05, 3.63) is 77.9 Å². The molecule has 0 spiro atoms. The number of hydrogen-bond acceptors (Lipinski definition) is 6. The first-order chi connectivity index (χ1) is 18.2. The fourth-order valence-electron chi connectivity index (χ4n) is 4.87. The molecule has 0 unspecified atom stereocenters. The van der Waals surface area contributed by atoms with Crippen molar-refractivity contribution in [2.45, 2.75) is 31.7 Å². The van der Waals surface area contributed by atoms with Crippen molar-refractivity contribution in [2.24, 2.45) is 11.8 Å². The minimum Gasteiger partial charge on any atom is -0.497 e. The highest BCUT2D eigenvalue weighted by atomic mass is 32.2. The van der Waals surface area contributed by atoms with E-state index in [4.69, 9.17) is 9.47 Å². The molecule has 1 aliphatic rings. The lowest BCUT2D eigenvalue weighted by Gasteiger charge is -2.35. The Labute approximate surface area is 225 Å². The number of sulfonamides is 1. The molecule has 1 aliphatic heterocycles. The minimum absolute atomic E-state index is 0.00205. The lowest BCUT2D eigenvalue weighted by Crippen LogP contribution is -2.42. The van der Waals surface area contributed by atoms with Gasteiger partial charge in [-0.3, -0.25) is 9.52 Å². The molecular weight excluding hydrogens is 502 g/mol. The first-order valence-corrected chi connectivity index (χ1v) is 14.1. The van der Waals surface area contributed by atoms with E-state index in [2.05, 4.69) is 23.9 Å². The monoisotopic (exact) mass is 537 g/mol. The smallest absolute Gasteiger partial charge is 0.263 e. The van der Waals surface area contributed by atoms with Gasteiger partial charge in [-0.25, -0.2) is 8.42 Å². The zero-order valence-corrected chi connectivity index (χ0v) is 23.0. The van der Waals surface area contributed by atoms with Gasteiger partial charge in [0.05, 0.1) is 25.6 Å². The number of ether oxygens (including phenoxy) is 2. The molecule has 8 nitrogen and oxygen atoms in total. The fraction of sp³-hybridized carbons (Fsp3) is 0.345. The molecule has 0 aromatic heterocycles. The highest BCUT2D eigenvalue weighted by molar-refractivity contribution is 7.92. The minimum atomic E-state index is -4.05. The normalized spacial score (nSPS) is 17.5. The maximum absolute atomic E-state index is 13.6. The van der Waals surface area contributed by atoms with E-state index >= 15 is 0 Å². The number of amides is 1.